The van der Waals surface area contributed by atoms with Crippen LogP contribution in [0.15, 0.2) is 4.52 Å². The van der Waals surface area contributed by atoms with Crippen LogP contribution in [0.5, 0.6) is 0 Å². The molecule has 2 aliphatic rings. The molecule has 7 heteroatoms. The summed E-state index contributed by atoms with van der Waals surface area (Å²) in [7, 11) is 0. The third-order valence-electron chi connectivity index (χ3n) is 4.81. The number of carbonyl (C=O) groups is 2. The predicted molar refractivity (Wildman–Crippen MR) is 82.3 cm³/mol. The average Bonchev–Trinajstić information content (AvgIpc) is 2.79. The van der Waals surface area contributed by atoms with Gasteiger partial charge < -0.3 is 14.3 Å². The Labute approximate surface area is 136 Å². The highest BCUT2D eigenvalue weighted by Crippen LogP contribution is 2.31. The Morgan fingerprint density at radius 3 is 2.61 bits per heavy atom. The van der Waals surface area contributed by atoms with Gasteiger partial charge in [0.1, 0.15) is 6.04 Å². The van der Waals surface area contributed by atoms with Crippen LogP contribution in [0, 0.1) is 12.8 Å². The topological polar surface area (TPSA) is 79.5 Å². The summed E-state index contributed by atoms with van der Waals surface area (Å²) in [5.74, 6) is 1.41. The summed E-state index contributed by atoms with van der Waals surface area (Å²) >= 11 is 0. The minimum absolute atomic E-state index is 0.0591. The number of amides is 2. The van der Waals surface area contributed by atoms with Gasteiger partial charge in [0.15, 0.2) is 5.82 Å². The average molecular weight is 320 g/mol. The minimum atomic E-state index is -0.338. The van der Waals surface area contributed by atoms with Crippen molar-refractivity contribution in [1.82, 2.24) is 19.9 Å². The van der Waals surface area contributed by atoms with Crippen LogP contribution in [-0.4, -0.2) is 51.4 Å². The van der Waals surface area contributed by atoms with E-state index in [0.717, 1.165) is 25.7 Å². The van der Waals surface area contributed by atoms with E-state index in [0.29, 0.717) is 37.8 Å². The van der Waals surface area contributed by atoms with Crippen molar-refractivity contribution >= 4 is 11.8 Å². The van der Waals surface area contributed by atoms with Crippen LogP contribution in [0.25, 0.3) is 0 Å². The van der Waals surface area contributed by atoms with Crippen molar-refractivity contribution in [3.05, 3.63) is 11.7 Å². The molecular formula is C16H24N4O3. The lowest BCUT2D eigenvalue weighted by Crippen LogP contribution is -2.43. The molecule has 126 valence electrons. The van der Waals surface area contributed by atoms with Crippen LogP contribution >= 0.6 is 0 Å². The number of carbonyl (C=O) groups excluding carboxylic acids is 2. The van der Waals surface area contributed by atoms with Gasteiger partial charge in [-0.15, -0.1) is 0 Å². The van der Waals surface area contributed by atoms with Gasteiger partial charge in [0.25, 0.3) is 5.89 Å². The van der Waals surface area contributed by atoms with Crippen LogP contribution in [-0.2, 0) is 9.59 Å². The Morgan fingerprint density at radius 1 is 1.26 bits per heavy atom. The molecule has 3 rings (SSSR count). The van der Waals surface area contributed by atoms with E-state index in [1.54, 1.807) is 11.8 Å². The van der Waals surface area contributed by atoms with Gasteiger partial charge in [-0.25, -0.2) is 0 Å². The van der Waals surface area contributed by atoms with Crippen LogP contribution in [0.4, 0.5) is 0 Å². The Hall–Kier alpha value is -1.92. The van der Waals surface area contributed by atoms with Gasteiger partial charge in [0, 0.05) is 25.4 Å². The monoisotopic (exact) mass is 320 g/mol. The number of nitrogens with zero attached hydrogens (tertiary/aromatic N) is 4. The lowest BCUT2D eigenvalue weighted by molar-refractivity contribution is -0.140. The third kappa shape index (κ3) is 3.23. The van der Waals surface area contributed by atoms with Crippen LogP contribution in [0.3, 0.4) is 0 Å². The molecule has 0 radical (unpaired) electrons. The first kappa shape index (κ1) is 16.0. The first-order chi connectivity index (χ1) is 11.1. The first-order valence-electron chi connectivity index (χ1n) is 8.48. The fourth-order valence-electron chi connectivity index (χ4n) is 3.26. The quantitative estimate of drug-likeness (QED) is 0.847. The van der Waals surface area contributed by atoms with Crippen molar-refractivity contribution in [3.8, 4) is 0 Å². The molecule has 0 N–H and O–H groups in total. The van der Waals surface area contributed by atoms with Crippen molar-refractivity contribution in [2.75, 3.05) is 19.6 Å². The summed E-state index contributed by atoms with van der Waals surface area (Å²) in [4.78, 5) is 32.9. The fraction of sp³-hybridized carbons (Fsp3) is 0.750. The minimum Gasteiger partial charge on any atom is -0.340 e. The molecule has 7 nitrogen and oxygen atoms in total. The van der Waals surface area contributed by atoms with E-state index in [9.17, 15) is 9.59 Å². The van der Waals surface area contributed by atoms with Crippen LogP contribution < -0.4 is 0 Å². The van der Waals surface area contributed by atoms with Crippen molar-refractivity contribution in [3.63, 3.8) is 0 Å². The summed E-state index contributed by atoms with van der Waals surface area (Å²) in [5.41, 5.74) is 0. The fourth-order valence-corrected chi connectivity index (χ4v) is 3.26. The molecule has 2 heterocycles. The highest BCUT2D eigenvalue weighted by atomic mass is 16.5. The summed E-state index contributed by atoms with van der Waals surface area (Å²) in [6.07, 6.45) is 4.32. The van der Waals surface area contributed by atoms with E-state index in [4.69, 9.17) is 4.52 Å². The van der Waals surface area contributed by atoms with Crippen molar-refractivity contribution in [2.45, 2.75) is 52.0 Å². The zero-order valence-electron chi connectivity index (χ0n) is 13.8. The van der Waals surface area contributed by atoms with E-state index in [-0.39, 0.29) is 23.8 Å². The third-order valence-corrected chi connectivity index (χ3v) is 4.81. The maximum Gasteiger partial charge on any atom is 0.251 e. The number of aromatic nitrogens is 2. The van der Waals surface area contributed by atoms with E-state index < -0.39 is 0 Å². The summed E-state index contributed by atoms with van der Waals surface area (Å²) in [6.45, 7) is 5.36. The zero-order chi connectivity index (χ0) is 16.4. The lowest BCUT2D eigenvalue weighted by Gasteiger charge is -2.33. The lowest BCUT2D eigenvalue weighted by atomic mass is 9.84. The Kier molecular flexibility index (Phi) is 4.63. The molecular weight excluding hydrogens is 296 g/mol. The molecule has 0 bridgehead atoms. The largest absolute Gasteiger partial charge is 0.340 e. The first-order valence-corrected chi connectivity index (χ1v) is 8.48. The Balaban J connectivity index is 1.83. The summed E-state index contributed by atoms with van der Waals surface area (Å²) in [6, 6.07) is -0.338. The molecule has 2 fully saturated rings. The van der Waals surface area contributed by atoms with Crippen LogP contribution in [0.1, 0.15) is 56.8 Å². The highest BCUT2D eigenvalue weighted by Gasteiger charge is 2.37. The summed E-state index contributed by atoms with van der Waals surface area (Å²) in [5, 5.41) is 3.85. The van der Waals surface area contributed by atoms with Crippen molar-refractivity contribution in [2.24, 2.45) is 5.92 Å². The normalized spacial score (nSPS) is 22.6. The molecule has 23 heavy (non-hydrogen) atoms. The van der Waals surface area contributed by atoms with Gasteiger partial charge in [-0.05, 0) is 26.2 Å². The van der Waals surface area contributed by atoms with E-state index >= 15 is 0 Å². The van der Waals surface area contributed by atoms with Crippen molar-refractivity contribution in [1.29, 1.82) is 0 Å². The van der Waals surface area contributed by atoms with Gasteiger partial charge in [-0.3, -0.25) is 9.59 Å². The van der Waals surface area contributed by atoms with Crippen molar-refractivity contribution < 1.29 is 14.1 Å². The number of hydrogen-bond donors (Lipinski definition) is 0. The molecule has 1 aliphatic carbocycles. The van der Waals surface area contributed by atoms with E-state index in [1.165, 1.54) is 0 Å². The van der Waals surface area contributed by atoms with Gasteiger partial charge in [-0.2, -0.15) is 4.98 Å². The molecule has 1 atom stereocenters. The number of aryl methyl sites for hydroxylation is 1. The second-order valence-corrected chi connectivity index (χ2v) is 6.40. The van der Waals surface area contributed by atoms with E-state index in [2.05, 4.69) is 10.1 Å². The molecule has 0 spiro atoms. The Bertz CT molecular complexity index is 582. The standard InChI is InChI=1S/C16H24N4O3/c1-3-14(21)20-9-5-8-19(16(22)12-6-4-7-12)10-13(20)15-17-11(2)18-23-15/h12-13H,3-10H2,1-2H3. The zero-order valence-corrected chi connectivity index (χ0v) is 13.8. The molecule has 2 amide bonds. The maximum absolute atomic E-state index is 12.6. The van der Waals surface area contributed by atoms with Gasteiger partial charge >= 0.3 is 0 Å². The van der Waals surface area contributed by atoms with Gasteiger partial charge in [0.05, 0.1) is 6.54 Å². The number of hydrogen-bond acceptors (Lipinski definition) is 5. The van der Waals surface area contributed by atoms with E-state index in [1.807, 2.05) is 11.8 Å². The smallest absolute Gasteiger partial charge is 0.251 e. The molecule has 1 aromatic heterocycles. The molecule has 0 aromatic carbocycles. The highest BCUT2D eigenvalue weighted by molar-refractivity contribution is 5.80. The molecule has 1 aliphatic heterocycles. The SMILES string of the molecule is CCC(=O)N1CCCN(C(=O)C2CCC2)CC1c1nc(C)no1. The molecule has 1 aromatic rings. The maximum atomic E-state index is 12.6. The number of rotatable bonds is 3. The van der Waals surface area contributed by atoms with Gasteiger partial charge in [-0.1, -0.05) is 18.5 Å². The molecule has 1 unspecified atom stereocenters. The second kappa shape index (κ2) is 6.68. The second-order valence-electron chi connectivity index (χ2n) is 6.40. The molecule has 1 saturated heterocycles. The van der Waals surface area contributed by atoms with Gasteiger partial charge in [0.2, 0.25) is 11.8 Å². The summed E-state index contributed by atoms with van der Waals surface area (Å²) < 4.78 is 5.32. The predicted octanol–water partition coefficient (Wildman–Crippen LogP) is 1.69. The van der Waals surface area contributed by atoms with Crippen LogP contribution in [0.2, 0.25) is 0 Å². The molecule has 1 saturated carbocycles. The Morgan fingerprint density at radius 2 is 2.04 bits per heavy atom.